The monoisotopic (exact) mass is 324 g/mol. The van der Waals surface area contributed by atoms with Gasteiger partial charge in [-0.05, 0) is 59.4 Å². The molecule has 24 heavy (non-hydrogen) atoms. The van der Waals surface area contributed by atoms with E-state index in [2.05, 4.69) is 13.2 Å². The van der Waals surface area contributed by atoms with E-state index in [1.54, 1.807) is 24.3 Å². The molecule has 6 heteroatoms. The van der Waals surface area contributed by atoms with Crippen LogP contribution in [0.2, 0.25) is 0 Å². The topological polar surface area (TPSA) is 86.3 Å². The highest BCUT2D eigenvalue weighted by Crippen LogP contribution is 2.26. The Morgan fingerprint density at radius 1 is 0.708 bits per heavy atom. The van der Waals surface area contributed by atoms with E-state index in [0.29, 0.717) is 12.8 Å². The van der Waals surface area contributed by atoms with E-state index in [9.17, 15) is 20.2 Å². The Balaban J connectivity index is 1.96. The minimum atomic E-state index is -0.441. The van der Waals surface area contributed by atoms with Gasteiger partial charge in [-0.2, -0.15) is 0 Å². The van der Waals surface area contributed by atoms with Crippen molar-refractivity contribution in [1.82, 2.24) is 0 Å². The predicted molar refractivity (Wildman–Crippen MR) is 93.5 cm³/mol. The van der Waals surface area contributed by atoms with Crippen LogP contribution in [0.3, 0.4) is 0 Å². The summed E-state index contributed by atoms with van der Waals surface area (Å²) in [5, 5.41) is 21.3. The van der Waals surface area contributed by atoms with Gasteiger partial charge in [0.05, 0.1) is 9.85 Å². The lowest BCUT2D eigenvalue weighted by atomic mass is 9.96. The maximum Gasteiger partial charge on any atom is 0.269 e. The second kappa shape index (κ2) is 7.32. The third kappa shape index (κ3) is 4.13. The van der Waals surface area contributed by atoms with Gasteiger partial charge in [-0.15, -0.1) is 0 Å². The fourth-order valence-electron chi connectivity index (χ4n) is 2.23. The highest BCUT2D eigenvalue weighted by Gasteiger charge is 2.08. The smallest absolute Gasteiger partial charge is 0.258 e. The number of allylic oxidation sites excluding steroid dienone is 2. The van der Waals surface area contributed by atoms with Crippen LogP contribution in [0.25, 0.3) is 11.1 Å². The summed E-state index contributed by atoms with van der Waals surface area (Å²) in [5.41, 5.74) is 3.48. The molecule has 0 aliphatic rings. The summed E-state index contributed by atoms with van der Waals surface area (Å²) in [6.45, 7) is 8.00. The molecular formula is C18H16N2O4. The van der Waals surface area contributed by atoms with Crippen molar-refractivity contribution in [2.45, 2.75) is 12.8 Å². The number of nitro benzene ring substituents is 2. The van der Waals surface area contributed by atoms with Crippen molar-refractivity contribution >= 4 is 22.5 Å². The lowest BCUT2D eigenvalue weighted by Gasteiger charge is -2.08. The molecule has 0 atom stereocenters. The summed E-state index contributed by atoms with van der Waals surface area (Å²) in [5.74, 6) is 0. The molecule has 0 unspecified atom stereocenters. The van der Waals surface area contributed by atoms with E-state index in [4.69, 9.17) is 0 Å². The first-order valence-corrected chi connectivity index (χ1v) is 7.23. The normalized spacial score (nSPS) is 10.2. The molecule has 0 aliphatic carbocycles. The standard InChI is InChI=1S/C18H16N2O4/c1-13(15-5-9-17(10-6-15)19(21)22)3-4-14(2)16-7-11-18(12-8-16)20(23)24/h5-12H,1-4H2. The van der Waals surface area contributed by atoms with Gasteiger partial charge in [0, 0.05) is 24.3 Å². The molecule has 0 saturated carbocycles. The molecule has 2 aromatic rings. The number of benzene rings is 2. The van der Waals surface area contributed by atoms with Crippen LogP contribution < -0.4 is 0 Å². The minimum absolute atomic E-state index is 0.0434. The molecule has 0 aromatic heterocycles. The Labute approximate surface area is 139 Å². The highest BCUT2D eigenvalue weighted by atomic mass is 16.6. The van der Waals surface area contributed by atoms with Crippen LogP contribution in [0.5, 0.6) is 0 Å². The quantitative estimate of drug-likeness (QED) is 0.529. The third-order valence-corrected chi connectivity index (χ3v) is 3.70. The molecule has 0 N–H and O–H groups in total. The van der Waals surface area contributed by atoms with E-state index in [0.717, 1.165) is 22.3 Å². The van der Waals surface area contributed by atoms with Gasteiger partial charge in [0.25, 0.3) is 11.4 Å². The molecule has 0 spiro atoms. The summed E-state index contributed by atoms with van der Waals surface area (Å²) in [4.78, 5) is 20.4. The molecule has 0 amide bonds. The van der Waals surface area contributed by atoms with E-state index >= 15 is 0 Å². The van der Waals surface area contributed by atoms with Crippen LogP contribution in [0.4, 0.5) is 11.4 Å². The molecule has 2 aromatic carbocycles. The highest BCUT2D eigenvalue weighted by molar-refractivity contribution is 5.69. The summed E-state index contributed by atoms with van der Waals surface area (Å²) >= 11 is 0. The van der Waals surface area contributed by atoms with E-state index in [-0.39, 0.29) is 11.4 Å². The van der Waals surface area contributed by atoms with Gasteiger partial charge in [0.1, 0.15) is 0 Å². The first-order chi connectivity index (χ1) is 11.4. The zero-order chi connectivity index (χ0) is 17.7. The average Bonchev–Trinajstić information content (AvgIpc) is 2.59. The van der Waals surface area contributed by atoms with Crippen molar-refractivity contribution in [1.29, 1.82) is 0 Å². The van der Waals surface area contributed by atoms with Crippen molar-refractivity contribution in [3.8, 4) is 0 Å². The molecule has 2 rings (SSSR count). The van der Waals surface area contributed by atoms with Crippen LogP contribution in [0, 0.1) is 20.2 Å². The van der Waals surface area contributed by atoms with Crippen molar-refractivity contribution in [3.05, 3.63) is 93.0 Å². The van der Waals surface area contributed by atoms with Crippen LogP contribution in [-0.2, 0) is 0 Å². The number of hydrogen-bond acceptors (Lipinski definition) is 4. The predicted octanol–water partition coefficient (Wildman–Crippen LogP) is 5.01. The van der Waals surface area contributed by atoms with Crippen molar-refractivity contribution in [3.63, 3.8) is 0 Å². The maximum absolute atomic E-state index is 10.6. The summed E-state index contributed by atoms with van der Waals surface area (Å²) in [7, 11) is 0. The Morgan fingerprint density at radius 3 is 1.25 bits per heavy atom. The van der Waals surface area contributed by atoms with E-state index in [1.807, 2.05) is 0 Å². The van der Waals surface area contributed by atoms with Gasteiger partial charge in [-0.3, -0.25) is 20.2 Å². The Hall–Kier alpha value is -3.28. The SMILES string of the molecule is C=C(CCC(=C)c1ccc([N+](=O)[O-])cc1)c1ccc([N+](=O)[O-])cc1. The zero-order valence-corrected chi connectivity index (χ0v) is 13.0. The number of hydrogen-bond donors (Lipinski definition) is 0. The van der Waals surface area contributed by atoms with Crippen molar-refractivity contribution in [2.24, 2.45) is 0 Å². The largest absolute Gasteiger partial charge is 0.269 e. The molecule has 122 valence electrons. The lowest BCUT2D eigenvalue weighted by Crippen LogP contribution is -1.91. The van der Waals surface area contributed by atoms with Crippen molar-refractivity contribution in [2.75, 3.05) is 0 Å². The van der Waals surface area contributed by atoms with Crippen LogP contribution in [-0.4, -0.2) is 9.85 Å². The summed E-state index contributed by atoms with van der Waals surface area (Å²) in [6.07, 6.45) is 1.29. The van der Waals surface area contributed by atoms with Gasteiger partial charge in [0.2, 0.25) is 0 Å². The van der Waals surface area contributed by atoms with E-state index in [1.165, 1.54) is 24.3 Å². The Bertz CT molecular complexity index is 723. The fraction of sp³-hybridized carbons (Fsp3) is 0.111. The summed E-state index contributed by atoms with van der Waals surface area (Å²) < 4.78 is 0. The molecule has 0 heterocycles. The maximum atomic E-state index is 10.6. The zero-order valence-electron chi connectivity index (χ0n) is 13.0. The number of non-ortho nitro benzene ring substituents is 2. The fourth-order valence-corrected chi connectivity index (χ4v) is 2.23. The van der Waals surface area contributed by atoms with Gasteiger partial charge in [0.15, 0.2) is 0 Å². The Morgan fingerprint density at radius 2 is 1.00 bits per heavy atom. The van der Waals surface area contributed by atoms with Gasteiger partial charge >= 0.3 is 0 Å². The molecule has 0 aliphatic heterocycles. The first kappa shape index (κ1) is 17.1. The molecule has 6 nitrogen and oxygen atoms in total. The van der Waals surface area contributed by atoms with Crippen LogP contribution >= 0.6 is 0 Å². The second-order valence-electron chi connectivity index (χ2n) is 5.32. The molecule has 0 radical (unpaired) electrons. The summed E-state index contributed by atoms with van der Waals surface area (Å²) in [6, 6.07) is 12.5. The second-order valence-corrected chi connectivity index (χ2v) is 5.32. The minimum Gasteiger partial charge on any atom is -0.258 e. The average molecular weight is 324 g/mol. The van der Waals surface area contributed by atoms with Crippen LogP contribution in [0.1, 0.15) is 24.0 Å². The molecular weight excluding hydrogens is 308 g/mol. The number of rotatable bonds is 7. The molecule has 0 bridgehead atoms. The van der Waals surface area contributed by atoms with Gasteiger partial charge in [-0.1, -0.05) is 13.2 Å². The molecule has 0 fully saturated rings. The first-order valence-electron chi connectivity index (χ1n) is 7.23. The van der Waals surface area contributed by atoms with E-state index < -0.39 is 9.85 Å². The lowest BCUT2D eigenvalue weighted by molar-refractivity contribution is -0.385. The third-order valence-electron chi connectivity index (χ3n) is 3.70. The van der Waals surface area contributed by atoms with Gasteiger partial charge < -0.3 is 0 Å². The van der Waals surface area contributed by atoms with Crippen molar-refractivity contribution < 1.29 is 9.85 Å². The number of nitrogens with zero attached hydrogens (tertiary/aromatic N) is 2. The van der Waals surface area contributed by atoms with Crippen LogP contribution in [0.15, 0.2) is 61.7 Å². The number of nitro groups is 2. The molecule has 0 saturated heterocycles. The van der Waals surface area contributed by atoms with Gasteiger partial charge in [-0.25, -0.2) is 0 Å². The Kier molecular flexibility index (Phi) is 5.21.